The van der Waals surface area contributed by atoms with Crippen molar-refractivity contribution in [1.82, 2.24) is 0 Å². The molecule has 1 aliphatic heterocycles. The van der Waals surface area contributed by atoms with E-state index in [9.17, 15) is 0 Å². The van der Waals surface area contributed by atoms with Crippen molar-refractivity contribution in [2.45, 2.75) is 25.3 Å². The molecule has 0 bridgehead atoms. The van der Waals surface area contributed by atoms with E-state index in [1.165, 1.54) is 16.1 Å². The lowest BCUT2D eigenvalue weighted by molar-refractivity contribution is 0.631. The third-order valence-corrected chi connectivity index (χ3v) is 5.69. The highest BCUT2D eigenvalue weighted by molar-refractivity contribution is 9.10. The molecule has 0 radical (unpaired) electrons. The second kappa shape index (κ2) is 5.47. The van der Waals surface area contributed by atoms with E-state index < -0.39 is 0 Å². The third kappa shape index (κ3) is 2.44. The van der Waals surface area contributed by atoms with E-state index in [1.54, 1.807) is 0 Å². The van der Waals surface area contributed by atoms with Crippen LogP contribution >= 0.6 is 38.9 Å². The van der Waals surface area contributed by atoms with Gasteiger partial charge in [-0.3, -0.25) is 0 Å². The van der Waals surface area contributed by atoms with Crippen LogP contribution in [0.2, 0.25) is 0 Å². The van der Waals surface area contributed by atoms with Gasteiger partial charge in [0.25, 0.3) is 0 Å². The average molecular weight is 357 g/mol. The van der Waals surface area contributed by atoms with Gasteiger partial charge in [0.05, 0.1) is 11.7 Å². The number of anilines is 1. The SMILES string of the molecule is CC1c2ccsc2CCN1c1ccc(CCl)cc1Br. The zero-order valence-electron chi connectivity index (χ0n) is 10.7. The summed E-state index contributed by atoms with van der Waals surface area (Å²) in [6, 6.07) is 9.11. The fourth-order valence-corrected chi connectivity index (χ4v) is 4.49. The van der Waals surface area contributed by atoms with E-state index in [-0.39, 0.29) is 0 Å². The van der Waals surface area contributed by atoms with Gasteiger partial charge >= 0.3 is 0 Å². The molecule has 1 atom stereocenters. The molecule has 0 fully saturated rings. The molecule has 1 nitrogen and oxygen atoms in total. The number of hydrogen-bond acceptors (Lipinski definition) is 2. The highest BCUT2D eigenvalue weighted by atomic mass is 79.9. The molecule has 100 valence electrons. The van der Waals surface area contributed by atoms with Gasteiger partial charge in [-0.1, -0.05) is 6.07 Å². The summed E-state index contributed by atoms with van der Waals surface area (Å²) < 4.78 is 1.14. The summed E-state index contributed by atoms with van der Waals surface area (Å²) in [4.78, 5) is 4.01. The Labute approximate surface area is 131 Å². The number of benzene rings is 1. The largest absolute Gasteiger partial charge is 0.363 e. The summed E-state index contributed by atoms with van der Waals surface area (Å²) in [5.41, 5.74) is 3.89. The summed E-state index contributed by atoms with van der Waals surface area (Å²) in [6.45, 7) is 3.36. The molecule has 0 amide bonds. The van der Waals surface area contributed by atoms with Crippen LogP contribution < -0.4 is 4.90 Å². The second-order valence-electron chi connectivity index (χ2n) is 4.84. The van der Waals surface area contributed by atoms with Crippen molar-refractivity contribution in [3.05, 3.63) is 50.1 Å². The molecular formula is C15H15BrClNS. The van der Waals surface area contributed by atoms with Crippen molar-refractivity contribution in [2.75, 3.05) is 11.4 Å². The van der Waals surface area contributed by atoms with Crippen LogP contribution in [0.5, 0.6) is 0 Å². The molecule has 1 aromatic heterocycles. The molecular weight excluding hydrogens is 342 g/mol. The number of halogens is 2. The Kier molecular flexibility index (Phi) is 3.88. The fraction of sp³-hybridized carbons (Fsp3) is 0.333. The standard InChI is InChI=1S/C15H15BrClNS/c1-10-12-5-7-19-15(12)4-6-18(10)14-3-2-11(9-17)8-13(14)16/h2-3,5,7-8,10H,4,6,9H2,1H3. The highest BCUT2D eigenvalue weighted by Crippen LogP contribution is 2.39. The van der Waals surface area contributed by atoms with Gasteiger partial charge in [-0.05, 0) is 64.0 Å². The van der Waals surface area contributed by atoms with E-state index in [0.29, 0.717) is 11.9 Å². The lowest BCUT2D eigenvalue weighted by Gasteiger charge is -2.36. The van der Waals surface area contributed by atoms with E-state index in [4.69, 9.17) is 11.6 Å². The predicted octanol–water partition coefficient (Wildman–Crippen LogP) is 5.37. The first kappa shape index (κ1) is 13.5. The third-order valence-electron chi connectivity index (χ3n) is 3.75. The van der Waals surface area contributed by atoms with Gasteiger partial charge in [0.1, 0.15) is 0 Å². The molecule has 0 aliphatic carbocycles. The summed E-state index contributed by atoms with van der Waals surface area (Å²) >= 11 is 11.4. The predicted molar refractivity (Wildman–Crippen MR) is 87.5 cm³/mol. The Hall–Kier alpha value is -0.510. The minimum absolute atomic E-state index is 0.438. The molecule has 1 unspecified atom stereocenters. The van der Waals surface area contributed by atoms with Crippen molar-refractivity contribution in [3.8, 4) is 0 Å². The van der Waals surface area contributed by atoms with Crippen molar-refractivity contribution in [1.29, 1.82) is 0 Å². The molecule has 1 aromatic carbocycles. The lowest BCUT2D eigenvalue weighted by atomic mass is 10.0. The molecule has 3 rings (SSSR count). The van der Waals surface area contributed by atoms with Crippen LogP contribution in [-0.2, 0) is 12.3 Å². The van der Waals surface area contributed by atoms with Gasteiger partial charge in [0.2, 0.25) is 0 Å². The Balaban J connectivity index is 1.95. The zero-order chi connectivity index (χ0) is 13.4. The normalized spacial score (nSPS) is 18.5. The van der Waals surface area contributed by atoms with Crippen LogP contribution in [-0.4, -0.2) is 6.54 Å². The smallest absolute Gasteiger partial charge is 0.0525 e. The summed E-state index contributed by atoms with van der Waals surface area (Å²) in [6.07, 6.45) is 1.14. The van der Waals surface area contributed by atoms with Crippen LogP contribution in [0.25, 0.3) is 0 Å². The Morgan fingerprint density at radius 1 is 1.42 bits per heavy atom. The molecule has 2 heterocycles. The summed E-state index contributed by atoms with van der Waals surface area (Å²) in [5.74, 6) is 0.559. The molecule has 0 saturated heterocycles. The number of rotatable bonds is 2. The van der Waals surface area contributed by atoms with Crippen molar-refractivity contribution < 1.29 is 0 Å². The van der Waals surface area contributed by atoms with Crippen molar-refractivity contribution in [3.63, 3.8) is 0 Å². The van der Waals surface area contributed by atoms with E-state index in [1.807, 2.05) is 11.3 Å². The quantitative estimate of drug-likeness (QED) is 0.654. The fourth-order valence-electron chi connectivity index (χ4n) is 2.71. The molecule has 0 saturated carbocycles. The van der Waals surface area contributed by atoms with E-state index >= 15 is 0 Å². The first-order valence-corrected chi connectivity index (χ1v) is 8.58. The molecule has 4 heteroatoms. The number of thiophene rings is 1. The number of alkyl halides is 1. The van der Waals surface area contributed by atoms with Crippen LogP contribution in [0.1, 0.15) is 29.0 Å². The van der Waals surface area contributed by atoms with Gasteiger partial charge < -0.3 is 4.90 Å². The maximum atomic E-state index is 5.88. The van der Waals surface area contributed by atoms with Gasteiger partial charge in [-0.25, -0.2) is 0 Å². The molecule has 1 aliphatic rings. The topological polar surface area (TPSA) is 3.24 Å². The summed E-state index contributed by atoms with van der Waals surface area (Å²) in [5, 5.41) is 2.20. The number of fused-ring (bicyclic) bond motifs is 1. The molecule has 0 N–H and O–H groups in total. The second-order valence-corrected chi connectivity index (χ2v) is 6.96. The van der Waals surface area contributed by atoms with Gasteiger partial charge in [0.15, 0.2) is 0 Å². The highest BCUT2D eigenvalue weighted by Gasteiger charge is 2.25. The minimum Gasteiger partial charge on any atom is -0.363 e. The lowest BCUT2D eigenvalue weighted by Crippen LogP contribution is -2.33. The average Bonchev–Trinajstić information content (AvgIpc) is 2.89. The summed E-state index contributed by atoms with van der Waals surface area (Å²) in [7, 11) is 0. The zero-order valence-corrected chi connectivity index (χ0v) is 13.9. The molecule has 2 aromatic rings. The maximum Gasteiger partial charge on any atom is 0.0525 e. The first-order chi connectivity index (χ1) is 9.20. The van der Waals surface area contributed by atoms with Crippen LogP contribution in [0.3, 0.4) is 0 Å². The van der Waals surface area contributed by atoms with Gasteiger partial charge in [-0.15, -0.1) is 22.9 Å². The van der Waals surface area contributed by atoms with Crippen molar-refractivity contribution >= 4 is 44.6 Å². The minimum atomic E-state index is 0.438. The maximum absolute atomic E-state index is 5.88. The van der Waals surface area contributed by atoms with E-state index in [2.05, 4.69) is 57.4 Å². The monoisotopic (exact) mass is 355 g/mol. The Morgan fingerprint density at radius 2 is 2.26 bits per heavy atom. The van der Waals surface area contributed by atoms with Crippen LogP contribution in [0.4, 0.5) is 5.69 Å². The number of nitrogens with zero attached hydrogens (tertiary/aromatic N) is 1. The van der Waals surface area contributed by atoms with E-state index in [0.717, 1.165) is 23.0 Å². The molecule has 0 spiro atoms. The Bertz CT molecular complexity index is 596. The number of hydrogen-bond donors (Lipinski definition) is 0. The van der Waals surface area contributed by atoms with Gasteiger partial charge in [0, 0.05) is 21.8 Å². The molecule has 19 heavy (non-hydrogen) atoms. The van der Waals surface area contributed by atoms with Gasteiger partial charge in [-0.2, -0.15) is 0 Å². The van der Waals surface area contributed by atoms with Crippen LogP contribution in [0.15, 0.2) is 34.1 Å². The Morgan fingerprint density at radius 3 is 3.00 bits per heavy atom. The van der Waals surface area contributed by atoms with Crippen LogP contribution in [0, 0.1) is 0 Å². The van der Waals surface area contributed by atoms with Crippen molar-refractivity contribution in [2.24, 2.45) is 0 Å². The first-order valence-electron chi connectivity index (χ1n) is 6.38.